The fourth-order valence-electron chi connectivity index (χ4n) is 9.35. The third-order valence-electron chi connectivity index (χ3n) is 14.4. The Bertz CT molecular complexity index is 1630. The van der Waals surface area contributed by atoms with Crippen LogP contribution < -0.4 is 0 Å². The number of unbranched alkanes of at least 4 members (excludes halogenated alkanes) is 33. The van der Waals surface area contributed by atoms with Crippen LogP contribution in [-0.2, 0) is 32.7 Å². The van der Waals surface area contributed by atoms with Crippen LogP contribution in [0.5, 0.6) is 0 Å². The smallest absolute Gasteiger partial charge is 0.462 e. The summed E-state index contributed by atoms with van der Waals surface area (Å²) in [4.78, 5) is 35.8. The van der Waals surface area contributed by atoms with E-state index in [4.69, 9.17) is 18.5 Å². The number of esters is 2. The molecule has 2 unspecified atom stereocenters. The summed E-state index contributed by atoms with van der Waals surface area (Å²) in [5.41, 5.74) is 0. The number of ether oxygens (including phenoxy) is 2. The number of rotatable bonds is 61. The van der Waals surface area contributed by atoms with Crippen LogP contribution in [0.15, 0.2) is 85.1 Å². The zero-order valence-electron chi connectivity index (χ0n) is 52.8. The van der Waals surface area contributed by atoms with Gasteiger partial charge >= 0.3 is 19.8 Å². The van der Waals surface area contributed by atoms with E-state index < -0.39 is 26.5 Å². The molecular weight excluding hydrogens is 1010 g/mol. The number of carbonyl (C=O) groups is 2. The van der Waals surface area contributed by atoms with E-state index in [0.29, 0.717) is 23.9 Å². The minimum absolute atomic E-state index is 0.0316. The Morgan fingerprint density at radius 2 is 0.713 bits per heavy atom. The summed E-state index contributed by atoms with van der Waals surface area (Å²) in [6.45, 7) is 4.36. The van der Waals surface area contributed by atoms with Crippen LogP contribution in [0.3, 0.4) is 0 Å². The third-order valence-corrected chi connectivity index (χ3v) is 15.4. The van der Waals surface area contributed by atoms with Gasteiger partial charge in [-0.2, -0.15) is 0 Å². The van der Waals surface area contributed by atoms with Crippen LogP contribution in [0.25, 0.3) is 0 Å². The predicted octanol–water partition coefficient (Wildman–Crippen LogP) is 21.4. The molecule has 0 fully saturated rings. The molecule has 0 aromatic carbocycles. The lowest BCUT2D eigenvalue weighted by molar-refractivity contribution is -0.870. The highest BCUT2D eigenvalue weighted by molar-refractivity contribution is 7.47. The van der Waals surface area contributed by atoms with Gasteiger partial charge in [0.2, 0.25) is 0 Å². The number of quaternary nitrogens is 1. The van der Waals surface area contributed by atoms with E-state index in [1.807, 2.05) is 21.1 Å². The highest BCUT2D eigenvalue weighted by Crippen LogP contribution is 2.43. The van der Waals surface area contributed by atoms with Crippen LogP contribution in [0.4, 0.5) is 0 Å². The molecule has 80 heavy (non-hydrogen) atoms. The Labute approximate surface area is 494 Å². The van der Waals surface area contributed by atoms with Gasteiger partial charge < -0.3 is 18.9 Å². The summed E-state index contributed by atoms with van der Waals surface area (Å²) in [5, 5.41) is 0. The molecule has 0 aromatic rings. The Balaban J connectivity index is 4.03. The Hall–Kier alpha value is -2.81. The normalized spacial score (nSPS) is 13.7. The van der Waals surface area contributed by atoms with Crippen molar-refractivity contribution >= 4 is 19.8 Å². The van der Waals surface area contributed by atoms with Crippen molar-refractivity contribution in [2.45, 2.75) is 302 Å². The van der Waals surface area contributed by atoms with Gasteiger partial charge in [0.05, 0.1) is 27.7 Å². The molecule has 0 aliphatic carbocycles. The average Bonchev–Trinajstić information content (AvgIpc) is 3.42. The molecule has 0 rings (SSSR count). The van der Waals surface area contributed by atoms with Gasteiger partial charge in [0.15, 0.2) is 6.10 Å². The molecule has 1 N–H and O–H groups in total. The van der Waals surface area contributed by atoms with E-state index in [-0.39, 0.29) is 25.6 Å². The number of nitrogens with zero attached hydrogens (tertiary/aromatic N) is 1. The lowest BCUT2D eigenvalue weighted by Gasteiger charge is -2.24. The highest BCUT2D eigenvalue weighted by Gasteiger charge is 2.27. The summed E-state index contributed by atoms with van der Waals surface area (Å²) in [5.74, 6) is -0.786. The number of hydrogen-bond acceptors (Lipinski definition) is 7. The molecule has 9 nitrogen and oxygen atoms in total. The SMILES string of the molecule is CC/C=C\C/C=C\C/C=C\C/C=C\C/C=C\C/C=C\C/C=C\CCCCCCCCCCCCCCCCCC(=O)OC(COC(=O)CCCCCCCCCCCCCCCCCCCCC)COP(=O)(O)OCC[N+](C)(C)C. The number of hydrogen-bond donors (Lipinski definition) is 1. The van der Waals surface area contributed by atoms with Crippen molar-refractivity contribution in [1.29, 1.82) is 0 Å². The van der Waals surface area contributed by atoms with E-state index >= 15 is 0 Å². The molecule has 0 aliphatic heterocycles. The molecule has 0 spiro atoms. The Morgan fingerprint density at radius 3 is 1.06 bits per heavy atom. The zero-order chi connectivity index (χ0) is 58.4. The first-order valence-electron chi connectivity index (χ1n) is 33.3. The van der Waals surface area contributed by atoms with Crippen LogP contribution in [-0.4, -0.2) is 74.9 Å². The molecule has 0 radical (unpaired) electrons. The van der Waals surface area contributed by atoms with Crippen LogP contribution in [0.2, 0.25) is 0 Å². The summed E-state index contributed by atoms with van der Waals surface area (Å²) in [6.07, 6.45) is 82.5. The quantitative estimate of drug-likeness (QED) is 0.0211. The molecule has 464 valence electrons. The van der Waals surface area contributed by atoms with Crippen molar-refractivity contribution in [2.75, 3.05) is 47.5 Å². The van der Waals surface area contributed by atoms with Crippen molar-refractivity contribution in [1.82, 2.24) is 0 Å². The first-order chi connectivity index (χ1) is 39.0. The van der Waals surface area contributed by atoms with Gasteiger partial charge in [-0.15, -0.1) is 0 Å². The third kappa shape index (κ3) is 64.4. The van der Waals surface area contributed by atoms with Crippen molar-refractivity contribution < 1.29 is 42.1 Å². The Kier molecular flexibility index (Phi) is 58.6. The van der Waals surface area contributed by atoms with Gasteiger partial charge in [-0.1, -0.05) is 298 Å². The summed E-state index contributed by atoms with van der Waals surface area (Å²) in [6, 6.07) is 0. The number of phosphoric acid groups is 1. The van der Waals surface area contributed by atoms with Gasteiger partial charge in [0, 0.05) is 12.8 Å². The monoisotopic (exact) mass is 1140 g/mol. The average molecular weight is 1140 g/mol. The Morgan fingerprint density at radius 1 is 0.400 bits per heavy atom. The molecule has 2 atom stereocenters. The van der Waals surface area contributed by atoms with Gasteiger partial charge in [-0.25, -0.2) is 4.57 Å². The number of allylic oxidation sites excluding steroid dienone is 14. The molecule has 10 heteroatoms. The van der Waals surface area contributed by atoms with Crippen molar-refractivity contribution in [3.05, 3.63) is 85.1 Å². The standard InChI is InChI=1S/C70H126NO8P/c1-6-8-10-12-14-16-18-20-22-24-26-27-28-29-30-31-32-33-34-35-36-37-38-39-40-41-42-43-45-47-49-51-53-55-57-59-61-63-70(73)79-68(67-78-80(74,75)77-65-64-71(3,4)5)66-76-69(72)62-60-58-56-54-52-50-48-46-44-25-23-21-19-17-15-13-11-9-7-2/h8,10,14,16,20,22,26-27,29-30,32-33,35-36,68H,6-7,9,11-13,15,17-19,21,23-25,28,31,34,37-67H2,1-5H3/p+1/b10-8-,16-14-,22-20-,27-26-,30-29-,33-32-,36-35-. The minimum atomic E-state index is -4.39. The maximum absolute atomic E-state index is 12.9. The minimum Gasteiger partial charge on any atom is -0.462 e. The second kappa shape index (κ2) is 60.8. The summed E-state index contributed by atoms with van der Waals surface area (Å²) >= 11 is 0. The molecule has 0 bridgehead atoms. The number of likely N-dealkylation sites (N-methyl/N-ethyl adjacent to an activating group) is 1. The largest absolute Gasteiger partial charge is 0.472 e. The van der Waals surface area contributed by atoms with Crippen molar-refractivity contribution in [2.24, 2.45) is 0 Å². The molecule has 0 saturated heterocycles. The van der Waals surface area contributed by atoms with Gasteiger partial charge in [0.1, 0.15) is 19.8 Å². The molecular formula is C70H127NO8P+. The molecule has 0 aromatic heterocycles. The maximum Gasteiger partial charge on any atom is 0.472 e. The lowest BCUT2D eigenvalue weighted by Crippen LogP contribution is -2.37. The lowest BCUT2D eigenvalue weighted by atomic mass is 10.0. The van der Waals surface area contributed by atoms with E-state index in [2.05, 4.69) is 98.9 Å². The number of phosphoric ester groups is 1. The van der Waals surface area contributed by atoms with Gasteiger partial charge in [-0.05, 0) is 70.6 Å². The van der Waals surface area contributed by atoms with Crippen LogP contribution in [0, 0.1) is 0 Å². The van der Waals surface area contributed by atoms with E-state index in [0.717, 1.165) is 77.0 Å². The zero-order valence-corrected chi connectivity index (χ0v) is 53.7. The van der Waals surface area contributed by atoms with Crippen LogP contribution >= 0.6 is 7.82 Å². The van der Waals surface area contributed by atoms with Gasteiger partial charge in [0.25, 0.3) is 0 Å². The molecule has 0 saturated carbocycles. The van der Waals surface area contributed by atoms with E-state index in [1.165, 1.54) is 186 Å². The molecule has 0 aliphatic rings. The summed E-state index contributed by atoms with van der Waals surface area (Å²) in [7, 11) is 1.48. The van der Waals surface area contributed by atoms with Crippen LogP contribution in [0.1, 0.15) is 296 Å². The highest BCUT2D eigenvalue weighted by atomic mass is 31.2. The van der Waals surface area contributed by atoms with Crippen molar-refractivity contribution in [3.8, 4) is 0 Å². The molecule has 0 amide bonds. The maximum atomic E-state index is 12.9. The second-order valence-electron chi connectivity index (χ2n) is 23.5. The number of carbonyl (C=O) groups excluding carboxylic acids is 2. The molecule has 0 heterocycles. The van der Waals surface area contributed by atoms with E-state index in [9.17, 15) is 19.0 Å². The first-order valence-corrected chi connectivity index (χ1v) is 34.8. The second-order valence-corrected chi connectivity index (χ2v) is 24.9. The fourth-order valence-corrected chi connectivity index (χ4v) is 10.1. The van der Waals surface area contributed by atoms with Gasteiger partial charge in [-0.3, -0.25) is 18.6 Å². The predicted molar refractivity (Wildman–Crippen MR) is 344 cm³/mol. The fraction of sp³-hybridized carbons (Fsp3) is 0.771. The topological polar surface area (TPSA) is 108 Å². The summed E-state index contributed by atoms with van der Waals surface area (Å²) < 4.78 is 34.7. The van der Waals surface area contributed by atoms with Crippen molar-refractivity contribution in [3.63, 3.8) is 0 Å². The first kappa shape index (κ1) is 77.2. The van der Waals surface area contributed by atoms with E-state index in [1.54, 1.807) is 0 Å².